The van der Waals surface area contributed by atoms with E-state index < -0.39 is 9.84 Å². The molecule has 0 heterocycles. The molecule has 3 rings (SSSR count). The van der Waals surface area contributed by atoms with Gasteiger partial charge in [-0.15, -0.1) is 0 Å². The highest BCUT2D eigenvalue weighted by atomic mass is 32.2. The van der Waals surface area contributed by atoms with Gasteiger partial charge in [-0.1, -0.05) is 37.5 Å². The Morgan fingerprint density at radius 2 is 1.72 bits per heavy atom. The Kier molecular flexibility index (Phi) is 5.62. The minimum Gasteiger partial charge on any atom is -0.462 e. The summed E-state index contributed by atoms with van der Waals surface area (Å²) in [5, 5.41) is -0.239. The minimum atomic E-state index is -3.23. The number of ether oxygens (including phenoxy) is 1. The SMILES string of the molecule is CCOC(=O)/C(=C/C1CCCC1)c1ccc(S(=O)(=O)C2CCC2)cc1. The van der Waals surface area contributed by atoms with E-state index in [0.717, 1.165) is 37.7 Å². The molecule has 2 fully saturated rings. The number of hydrogen-bond donors (Lipinski definition) is 0. The van der Waals surface area contributed by atoms with Crippen LogP contribution in [0.15, 0.2) is 35.2 Å². The first-order chi connectivity index (χ1) is 12.0. The molecule has 0 aromatic heterocycles. The van der Waals surface area contributed by atoms with E-state index in [4.69, 9.17) is 4.74 Å². The average Bonchev–Trinajstić information content (AvgIpc) is 3.04. The van der Waals surface area contributed by atoms with Crippen LogP contribution in [0.1, 0.15) is 57.4 Å². The number of sulfone groups is 1. The zero-order valence-electron chi connectivity index (χ0n) is 14.7. The molecule has 0 amide bonds. The highest BCUT2D eigenvalue weighted by Gasteiger charge is 2.32. The molecule has 25 heavy (non-hydrogen) atoms. The van der Waals surface area contributed by atoms with Gasteiger partial charge in [0.15, 0.2) is 9.84 Å². The maximum Gasteiger partial charge on any atom is 0.338 e. The van der Waals surface area contributed by atoms with Crippen molar-refractivity contribution in [3.63, 3.8) is 0 Å². The Balaban J connectivity index is 1.87. The molecule has 0 N–H and O–H groups in total. The number of benzene rings is 1. The Hall–Kier alpha value is -1.62. The summed E-state index contributed by atoms with van der Waals surface area (Å²) in [7, 11) is -3.23. The van der Waals surface area contributed by atoms with Crippen LogP contribution >= 0.6 is 0 Å². The summed E-state index contributed by atoms with van der Waals surface area (Å²) in [4.78, 5) is 12.7. The fourth-order valence-corrected chi connectivity index (χ4v) is 5.40. The smallest absolute Gasteiger partial charge is 0.338 e. The van der Waals surface area contributed by atoms with Gasteiger partial charge in [0, 0.05) is 0 Å². The lowest BCUT2D eigenvalue weighted by Gasteiger charge is -2.25. The summed E-state index contributed by atoms with van der Waals surface area (Å²) in [5.41, 5.74) is 1.29. The molecule has 0 bridgehead atoms. The number of allylic oxidation sites excluding steroid dienone is 1. The van der Waals surface area contributed by atoms with Crippen molar-refractivity contribution in [1.82, 2.24) is 0 Å². The number of hydrogen-bond acceptors (Lipinski definition) is 4. The van der Waals surface area contributed by atoms with Gasteiger partial charge in [0.1, 0.15) is 0 Å². The molecule has 1 aromatic carbocycles. The molecule has 136 valence electrons. The van der Waals surface area contributed by atoms with E-state index >= 15 is 0 Å². The first-order valence-corrected chi connectivity index (χ1v) is 10.8. The van der Waals surface area contributed by atoms with Crippen molar-refractivity contribution in [1.29, 1.82) is 0 Å². The van der Waals surface area contributed by atoms with E-state index in [1.807, 2.05) is 6.08 Å². The van der Waals surface area contributed by atoms with Gasteiger partial charge in [-0.2, -0.15) is 0 Å². The van der Waals surface area contributed by atoms with E-state index in [9.17, 15) is 13.2 Å². The van der Waals surface area contributed by atoms with Gasteiger partial charge in [-0.3, -0.25) is 0 Å². The first kappa shape index (κ1) is 18.2. The predicted molar refractivity (Wildman–Crippen MR) is 97.8 cm³/mol. The van der Waals surface area contributed by atoms with E-state index in [0.29, 0.717) is 23.0 Å². The van der Waals surface area contributed by atoms with Crippen LogP contribution in [-0.4, -0.2) is 26.2 Å². The lowest BCUT2D eigenvalue weighted by molar-refractivity contribution is -0.136. The van der Waals surface area contributed by atoms with Crippen LogP contribution in [0.5, 0.6) is 0 Å². The highest BCUT2D eigenvalue weighted by molar-refractivity contribution is 7.92. The second kappa shape index (κ2) is 7.73. The molecule has 0 spiro atoms. The zero-order valence-corrected chi connectivity index (χ0v) is 15.6. The van der Waals surface area contributed by atoms with Gasteiger partial charge < -0.3 is 4.74 Å². The molecule has 0 unspecified atom stereocenters. The topological polar surface area (TPSA) is 60.4 Å². The van der Waals surface area contributed by atoms with Crippen LogP contribution in [0.3, 0.4) is 0 Å². The summed E-state index contributed by atoms with van der Waals surface area (Å²) < 4.78 is 30.2. The second-order valence-electron chi connectivity index (χ2n) is 6.97. The van der Waals surface area contributed by atoms with Crippen molar-refractivity contribution in [2.24, 2.45) is 5.92 Å². The molecule has 2 saturated carbocycles. The quantitative estimate of drug-likeness (QED) is 0.563. The molecular formula is C20H26O4S. The first-order valence-electron chi connectivity index (χ1n) is 9.25. The van der Waals surface area contributed by atoms with Gasteiger partial charge in [0.05, 0.1) is 22.3 Å². The van der Waals surface area contributed by atoms with Crippen molar-refractivity contribution in [2.75, 3.05) is 6.61 Å². The number of carbonyl (C=O) groups is 1. The standard InChI is InChI=1S/C20H26O4S/c1-2-24-20(21)19(14-15-6-3-4-7-15)16-10-12-18(13-11-16)25(22,23)17-8-5-9-17/h10-15,17H,2-9H2,1H3/b19-14+. The lowest BCUT2D eigenvalue weighted by atomic mass is 9.99. The van der Waals surface area contributed by atoms with E-state index in [1.165, 1.54) is 12.8 Å². The molecule has 2 aliphatic rings. The number of rotatable bonds is 6. The summed E-state index contributed by atoms with van der Waals surface area (Å²) >= 11 is 0. The highest BCUT2D eigenvalue weighted by Crippen LogP contribution is 2.33. The van der Waals surface area contributed by atoms with Gasteiger partial charge in [-0.05, 0) is 56.2 Å². The Labute approximate surface area is 150 Å². The summed E-state index contributed by atoms with van der Waals surface area (Å²) in [6.45, 7) is 2.12. The monoisotopic (exact) mass is 362 g/mol. The van der Waals surface area contributed by atoms with Crippen LogP contribution in [0.25, 0.3) is 5.57 Å². The van der Waals surface area contributed by atoms with Crippen LogP contribution in [0.2, 0.25) is 0 Å². The largest absolute Gasteiger partial charge is 0.462 e. The summed E-state index contributed by atoms with van der Waals surface area (Å²) in [5.74, 6) is 0.0711. The van der Waals surface area contributed by atoms with Crippen molar-refractivity contribution in [2.45, 2.75) is 62.0 Å². The van der Waals surface area contributed by atoms with E-state index in [-0.39, 0.29) is 11.2 Å². The Bertz CT molecular complexity index is 736. The van der Waals surface area contributed by atoms with Crippen molar-refractivity contribution in [3.8, 4) is 0 Å². The van der Waals surface area contributed by atoms with E-state index in [2.05, 4.69) is 0 Å². The van der Waals surface area contributed by atoms with Crippen LogP contribution in [0, 0.1) is 5.92 Å². The third-order valence-corrected chi connectivity index (χ3v) is 7.56. The molecule has 1 aromatic rings. The number of esters is 1. The maximum atomic E-state index is 12.5. The molecule has 5 heteroatoms. The fraction of sp³-hybridized carbons (Fsp3) is 0.550. The zero-order chi connectivity index (χ0) is 17.9. The summed E-state index contributed by atoms with van der Waals surface area (Å²) in [6.07, 6.45) is 9.07. The Morgan fingerprint density at radius 3 is 2.24 bits per heavy atom. The molecular weight excluding hydrogens is 336 g/mol. The lowest BCUT2D eigenvalue weighted by Crippen LogP contribution is -2.28. The second-order valence-corrected chi connectivity index (χ2v) is 9.20. The third kappa shape index (κ3) is 3.97. The third-order valence-electron chi connectivity index (χ3n) is 5.28. The molecule has 0 saturated heterocycles. The Morgan fingerprint density at radius 1 is 1.08 bits per heavy atom. The van der Waals surface area contributed by atoms with Crippen molar-refractivity contribution >= 4 is 21.4 Å². The normalized spacial score (nSPS) is 19.6. The van der Waals surface area contributed by atoms with Crippen molar-refractivity contribution in [3.05, 3.63) is 35.9 Å². The van der Waals surface area contributed by atoms with Gasteiger partial charge in [0.2, 0.25) is 0 Å². The molecule has 0 radical (unpaired) electrons. The molecule has 4 nitrogen and oxygen atoms in total. The van der Waals surface area contributed by atoms with Gasteiger partial charge >= 0.3 is 5.97 Å². The number of carbonyl (C=O) groups excluding carboxylic acids is 1. The van der Waals surface area contributed by atoms with Crippen LogP contribution in [-0.2, 0) is 19.4 Å². The van der Waals surface area contributed by atoms with Gasteiger partial charge in [0.25, 0.3) is 0 Å². The summed E-state index contributed by atoms with van der Waals surface area (Å²) in [6, 6.07) is 6.74. The fourth-order valence-electron chi connectivity index (χ4n) is 3.55. The van der Waals surface area contributed by atoms with E-state index in [1.54, 1.807) is 31.2 Å². The molecule has 2 aliphatic carbocycles. The molecule has 0 aliphatic heterocycles. The van der Waals surface area contributed by atoms with Gasteiger partial charge in [-0.25, -0.2) is 13.2 Å². The average molecular weight is 362 g/mol. The van der Waals surface area contributed by atoms with Crippen LogP contribution < -0.4 is 0 Å². The maximum absolute atomic E-state index is 12.5. The van der Waals surface area contributed by atoms with Crippen molar-refractivity contribution < 1.29 is 17.9 Å². The van der Waals surface area contributed by atoms with Crippen LogP contribution in [0.4, 0.5) is 0 Å². The molecule has 0 atom stereocenters. The minimum absolute atomic E-state index is 0.239. The predicted octanol–water partition coefficient (Wildman–Crippen LogP) is 4.15.